The van der Waals surface area contributed by atoms with Gasteiger partial charge in [0, 0.05) is 18.8 Å². The van der Waals surface area contributed by atoms with Crippen LogP contribution >= 0.6 is 0 Å². The van der Waals surface area contributed by atoms with Crippen LogP contribution in [-0.2, 0) is 0 Å². The molecule has 0 radical (unpaired) electrons. The second-order valence-electron chi connectivity index (χ2n) is 5.28. The minimum atomic E-state index is 0.131. The standard InChI is InChI=1S/C14H22N2O/c1-4-5-6-14(7-8-14)16(3)13(17)12-9-11(2)10-15-12/h9-10,15H,4-8H2,1-3H3. The Balaban J connectivity index is 2.05. The number of rotatable bonds is 5. The molecule has 3 nitrogen and oxygen atoms in total. The first kappa shape index (κ1) is 12.2. The van der Waals surface area contributed by atoms with Crippen molar-refractivity contribution in [3.63, 3.8) is 0 Å². The van der Waals surface area contributed by atoms with E-state index >= 15 is 0 Å². The first-order chi connectivity index (χ1) is 8.09. The van der Waals surface area contributed by atoms with Gasteiger partial charge in [0.2, 0.25) is 0 Å². The average molecular weight is 234 g/mol. The molecule has 1 N–H and O–H groups in total. The van der Waals surface area contributed by atoms with Crippen LogP contribution in [-0.4, -0.2) is 28.4 Å². The number of nitrogens with one attached hydrogen (secondary N) is 1. The molecule has 1 fully saturated rings. The van der Waals surface area contributed by atoms with E-state index in [1.54, 1.807) is 0 Å². The van der Waals surface area contributed by atoms with E-state index in [2.05, 4.69) is 11.9 Å². The molecule has 1 aromatic heterocycles. The molecule has 0 aromatic carbocycles. The third kappa shape index (κ3) is 2.38. The highest BCUT2D eigenvalue weighted by Crippen LogP contribution is 2.45. The van der Waals surface area contributed by atoms with E-state index in [-0.39, 0.29) is 11.4 Å². The molecule has 1 aromatic rings. The van der Waals surface area contributed by atoms with E-state index in [4.69, 9.17) is 0 Å². The van der Waals surface area contributed by atoms with Gasteiger partial charge < -0.3 is 9.88 Å². The van der Waals surface area contributed by atoms with Crippen molar-refractivity contribution in [2.45, 2.75) is 51.5 Å². The molecule has 0 unspecified atom stereocenters. The van der Waals surface area contributed by atoms with Crippen molar-refractivity contribution in [3.05, 3.63) is 23.5 Å². The monoisotopic (exact) mass is 234 g/mol. The van der Waals surface area contributed by atoms with E-state index in [9.17, 15) is 4.79 Å². The van der Waals surface area contributed by atoms with Crippen LogP contribution in [0.3, 0.4) is 0 Å². The molecule has 0 spiro atoms. The molecule has 1 aliphatic rings. The van der Waals surface area contributed by atoms with Crippen LogP contribution in [0.15, 0.2) is 12.3 Å². The summed E-state index contributed by atoms with van der Waals surface area (Å²) in [5, 5.41) is 0. The van der Waals surface area contributed by atoms with Crippen LogP contribution in [0.2, 0.25) is 0 Å². The summed E-state index contributed by atoms with van der Waals surface area (Å²) in [5.41, 5.74) is 1.99. The van der Waals surface area contributed by atoms with E-state index < -0.39 is 0 Å². The second kappa shape index (κ2) is 4.55. The lowest BCUT2D eigenvalue weighted by Crippen LogP contribution is -2.39. The van der Waals surface area contributed by atoms with Crippen molar-refractivity contribution in [3.8, 4) is 0 Å². The zero-order valence-electron chi connectivity index (χ0n) is 11.0. The van der Waals surface area contributed by atoms with E-state index in [1.807, 2.05) is 31.1 Å². The molecule has 17 heavy (non-hydrogen) atoms. The Morgan fingerprint density at radius 1 is 1.53 bits per heavy atom. The molecular weight excluding hydrogens is 212 g/mol. The van der Waals surface area contributed by atoms with Crippen molar-refractivity contribution >= 4 is 5.91 Å². The highest BCUT2D eigenvalue weighted by atomic mass is 16.2. The number of unbranched alkanes of at least 4 members (excludes halogenated alkanes) is 1. The third-order valence-electron chi connectivity index (χ3n) is 3.90. The Bertz CT molecular complexity index is 404. The Labute approximate surface area is 103 Å². The third-order valence-corrected chi connectivity index (χ3v) is 3.90. The van der Waals surface area contributed by atoms with E-state index in [0.717, 1.165) is 24.8 Å². The maximum absolute atomic E-state index is 12.3. The number of nitrogens with zero attached hydrogens (tertiary/aromatic N) is 1. The summed E-state index contributed by atoms with van der Waals surface area (Å²) in [7, 11) is 1.95. The van der Waals surface area contributed by atoms with Gasteiger partial charge in [-0.25, -0.2) is 0 Å². The number of aryl methyl sites for hydroxylation is 1. The smallest absolute Gasteiger partial charge is 0.270 e. The van der Waals surface area contributed by atoms with Gasteiger partial charge in [-0.15, -0.1) is 0 Å². The molecule has 2 rings (SSSR count). The first-order valence-electron chi connectivity index (χ1n) is 6.52. The fraction of sp³-hybridized carbons (Fsp3) is 0.643. The summed E-state index contributed by atoms with van der Waals surface area (Å²) in [6.07, 6.45) is 7.76. The molecule has 3 heteroatoms. The maximum Gasteiger partial charge on any atom is 0.270 e. The van der Waals surface area contributed by atoms with Gasteiger partial charge in [-0.1, -0.05) is 19.8 Å². The molecule has 0 aliphatic heterocycles. The second-order valence-corrected chi connectivity index (χ2v) is 5.28. The Morgan fingerprint density at radius 3 is 2.71 bits per heavy atom. The van der Waals surface area contributed by atoms with Crippen molar-refractivity contribution in [1.82, 2.24) is 9.88 Å². The van der Waals surface area contributed by atoms with Gasteiger partial charge in [0.05, 0.1) is 0 Å². The summed E-state index contributed by atoms with van der Waals surface area (Å²) >= 11 is 0. The van der Waals surface area contributed by atoms with Crippen LogP contribution in [0.5, 0.6) is 0 Å². The number of H-pyrrole nitrogens is 1. The zero-order chi connectivity index (χ0) is 12.5. The fourth-order valence-electron chi connectivity index (χ4n) is 2.43. The summed E-state index contributed by atoms with van der Waals surface area (Å²) in [6, 6.07) is 1.93. The molecule has 1 aliphatic carbocycles. The van der Waals surface area contributed by atoms with Gasteiger partial charge in [-0.05, 0) is 37.8 Å². The van der Waals surface area contributed by atoms with Gasteiger partial charge in [-0.2, -0.15) is 0 Å². The summed E-state index contributed by atoms with van der Waals surface area (Å²) < 4.78 is 0. The number of aromatic amines is 1. The van der Waals surface area contributed by atoms with Crippen molar-refractivity contribution in [2.24, 2.45) is 0 Å². The van der Waals surface area contributed by atoms with Gasteiger partial charge in [0.1, 0.15) is 5.69 Å². The molecule has 1 saturated carbocycles. The van der Waals surface area contributed by atoms with Crippen LogP contribution < -0.4 is 0 Å². The number of hydrogen-bond donors (Lipinski definition) is 1. The first-order valence-corrected chi connectivity index (χ1v) is 6.52. The number of aromatic nitrogens is 1. The number of carbonyl (C=O) groups is 1. The van der Waals surface area contributed by atoms with E-state index in [0.29, 0.717) is 5.69 Å². The topological polar surface area (TPSA) is 36.1 Å². The summed E-state index contributed by atoms with van der Waals surface area (Å²) in [6.45, 7) is 4.20. The summed E-state index contributed by atoms with van der Waals surface area (Å²) in [4.78, 5) is 17.3. The normalized spacial score (nSPS) is 16.9. The van der Waals surface area contributed by atoms with Crippen molar-refractivity contribution in [2.75, 3.05) is 7.05 Å². The largest absolute Gasteiger partial charge is 0.357 e. The lowest BCUT2D eigenvalue weighted by molar-refractivity contribution is 0.0691. The maximum atomic E-state index is 12.3. The molecule has 0 atom stereocenters. The molecule has 0 bridgehead atoms. The highest BCUT2D eigenvalue weighted by Gasteiger charge is 2.47. The van der Waals surface area contributed by atoms with Crippen molar-refractivity contribution < 1.29 is 4.79 Å². The van der Waals surface area contributed by atoms with E-state index in [1.165, 1.54) is 12.8 Å². The van der Waals surface area contributed by atoms with Crippen LogP contribution in [0, 0.1) is 6.92 Å². The number of carbonyl (C=O) groups excluding carboxylic acids is 1. The Kier molecular flexibility index (Phi) is 3.27. The molecule has 1 heterocycles. The Hall–Kier alpha value is -1.25. The minimum Gasteiger partial charge on any atom is -0.357 e. The minimum absolute atomic E-state index is 0.131. The number of amides is 1. The zero-order valence-corrected chi connectivity index (χ0v) is 11.0. The Morgan fingerprint density at radius 2 is 2.24 bits per heavy atom. The highest BCUT2D eigenvalue weighted by molar-refractivity contribution is 5.93. The molecule has 94 valence electrons. The molecular formula is C14H22N2O. The predicted octanol–water partition coefficient (Wildman–Crippen LogP) is 3.12. The lowest BCUT2D eigenvalue weighted by atomic mass is 10.1. The molecule has 0 saturated heterocycles. The predicted molar refractivity (Wildman–Crippen MR) is 69.1 cm³/mol. The quantitative estimate of drug-likeness (QED) is 0.835. The van der Waals surface area contributed by atoms with Crippen LogP contribution in [0.1, 0.15) is 55.1 Å². The number of hydrogen-bond acceptors (Lipinski definition) is 1. The molecule has 1 amide bonds. The van der Waals surface area contributed by atoms with Crippen LogP contribution in [0.4, 0.5) is 0 Å². The van der Waals surface area contributed by atoms with Gasteiger partial charge >= 0.3 is 0 Å². The van der Waals surface area contributed by atoms with Gasteiger partial charge in [-0.3, -0.25) is 4.79 Å². The van der Waals surface area contributed by atoms with Gasteiger partial charge in [0.15, 0.2) is 0 Å². The summed E-state index contributed by atoms with van der Waals surface area (Å²) in [5.74, 6) is 0.131. The fourth-order valence-corrected chi connectivity index (χ4v) is 2.43. The SMILES string of the molecule is CCCCC1(N(C)C(=O)c2cc(C)c[nH]2)CC1. The van der Waals surface area contributed by atoms with Crippen LogP contribution in [0.25, 0.3) is 0 Å². The lowest BCUT2D eigenvalue weighted by Gasteiger charge is -2.27. The van der Waals surface area contributed by atoms with Gasteiger partial charge in [0.25, 0.3) is 5.91 Å². The van der Waals surface area contributed by atoms with Crippen molar-refractivity contribution in [1.29, 1.82) is 0 Å². The average Bonchev–Trinajstić information content (AvgIpc) is 3.00.